The van der Waals surface area contributed by atoms with Gasteiger partial charge in [0.25, 0.3) is 5.91 Å². The highest BCUT2D eigenvalue weighted by molar-refractivity contribution is 6.34. The van der Waals surface area contributed by atoms with Crippen molar-refractivity contribution in [2.24, 2.45) is 0 Å². The van der Waals surface area contributed by atoms with E-state index >= 15 is 0 Å². The number of nitrogens with one attached hydrogen (secondary N) is 2. The van der Waals surface area contributed by atoms with Crippen LogP contribution in [0.5, 0.6) is 0 Å². The number of hydrogen-bond acceptors (Lipinski definition) is 5. The monoisotopic (exact) mass is 388 g/mol. The zero-order chi connectivity index (χ0) is 19.2. The molecule has 0 radical (unpaired) electrons. The maximum atomic E-state index is 12.6. The Kier molecular flexibility index (Phi) is 6.66. The quantitative estimate of drug-likeness (QED) is 0.794. The van der Waals surface area contributed by atoms with E-state index in [9.17, 15) is 4.79 Å². The van der Waals surface area contributed by atoms with Gasteiger partial charge in [-0.25, -0.2) is 0 Å². The smallest absolute Gasteiger partial charge is 0.274 e. The Morgan fingerprint density at radius 2 is 2.04 bits per heavy atom. The van der Waals surface area contributed by atoms with Crippen LogP contribution in [0.4, 0.5) is 11.4 Å². The first kappa shape index (κ1) is 19.6. The highest BCUT2D eigenvalue weighted by atomic mass is 35.5. The van der Waals surface area contributed by atoms with E-state index < -0.39 is 0 Å². The number of nitrogens with zero attached hydrogens (tertiary/aromatic N) is 2. The summed E-state index contributed by atoms with van der Waals surface area (Å²) >= 11 is 6.28. The van der Waals surface area contributed by atoms with Crippen molar-refractivity contribution < 1.29 is 9.53 Å². The van der Waals surface area contributed by atoms with Crippen LogP contribution in [-0.2, 0) is 4.74 Å². The second kappa shape index (κ2) is 9.17. The summed E-state index contributed by atoms with van der Waals surface area (Å²) in [4.78, 5) is 19.1. The van der Waals surface area contributed by atoms with Crippen LogP contribution in [0.15, 0.2) is 30.5 Å². The van der Waals surface area contributed by atoms with Crippen LogP contribution in [0.3, 0.4) is 0 Å². The first-order valence-corrected chi connectivity index (χ1v) is 9.49. The van der Waals surface area contributed by atoms with E-state index in [-0.39, 0.29) is 5.91 Å². The lowest BCUT2D eigenvalue weighted by Gasteiger charge is -2.26. The molecule has 0 spiro atoms. The maximum Gasteiger partial charge on any atom is 0.274 e. The summed E-state index contributed by atoms with van der Waals surface area (Å²) in [5.41, 5.74) is 3.82. The van der Waals surface area contributed by atoms with Gasteiger partial charge in [-0.2, -0.15) is 0 Å². The minimum atomic E-state index is -0.277. The molecule has 1 aliphatic rings. The van der Waals surface area contributed by atoms with Gasteiger partial charge in [0.2, 0.25) is 0 Å². The standard InChI is InChI=1S/C20H25ClN4O2/c1-14-11-15(2)19(17(21)12-14)24-20(26)18-13-16(3-4-23-18)22-5-6-25-7-9-27-10-8-25/h3-4,11-13H,5-10H2,1-2H3,(H,22,23)(H,24,26). The fourth-order valence-electron chi connectivity index (χ4n) is 3.10. The average molecular weight is 389 g/mol. The molecule has 0 unspecified atom stereocenters. The Bertz CT molecular complexity index is 783. The van der Waals surface area contributed by atoms with Crippen molar-refractivity contribution in [3.63, 3.8) is 0 Å². The molecule has 0 saturated carbocycles. The number of anilines is 2. The lowest BCUT2D eigenvalue weighted by Crippen LogP contribution is -2.39. The maximum absolute atomic E-state index is 12.6. The van der Waals surface area contributed by atoms with E-state index in [2.05, 4.69) is 20.5 Å². The average Bonchev–Trinajstić information content (AvgIpc) is 2.65. The number of carbonyl (C=O) groups is 1. The molecular weight excluding hydrogens is 364 g/mol. The predicted molar refractivity (Wildman–Crippen MR) is 109 cm³/mol. The highest BCUT2D eigenvalue weighted by Crippen LogP contribution is 2.27. The molecule has 2 aromatic rings. The summed E-state index contributed by atoms with van der Waals surface area (Å²) in [7, 11) is 0. The highest BCUT2D eigenvalue weighted by Gasteiger charge is 2.13. The fourth-order valence-corrected chi connectivity index (χ4v) is 3.47. The molecular formula is C20H25ClN4O2. The fraction of sp³-hybridized carbons (Fsp3) is 0.400. The van der Waals surface area contributed by atoms with Crippen LogP contribution in [0, 0.1) is 13.8 Å². The lowest BCUT2D eigenvalue weighted by atomic mass is 10.1. The number of hydrogen-bond donors (Lipinski definition) is 2. The van der Waals surface area contributed by atoms with Gasteiger partial charge in [0.05, 0.1) is 23.9 Å². The number of ether oxygens (including phenoxy) is 1. The summed E-state index contributed by atoms with van der Waals surface area (Å²) in [6, 6.07) is 7.44. The normalized spacial score (nSPS) is 14.8. The molecule has 0 atom stereocenters. The number of pyridine rings is 1. The van der Waals surface area contributed by atoms with Crippen molar-refractivity contribution >= 4 is 28.9 Å². The predicted octanol–water partition coefficient (Wildman–Crippen LogP) is 3.35. The van der Waals surface area contributed by atoms with Crippen molar-refractivity contribution in [1.82, 2.24) is 9.88 Å². The zero-order valence-corrected chi connectivity index (χ0v) is 16.5. The van der Waals surface area contributed by atoms with Gasteiger partial charge >= 0.3 is 0 Å². The van der Waals surface area contributed by atoms with Gasteiger partial charge < -0.3 is 15.4 Å². The molecule has 6 nitrogen and oxygen atoms in total. The Labute approximate surface area is 164 Å². The van der Waals surface area contributed by atoms with Crippen molar-refractivity contribution in [2.75, 3.05) is 50.0 Å². The van der Waals surface area contributed by atoms with E-state index in [4.69, 9.17) is 16.3 Å². The molecule has 2 heterocycles. The van der Waals surface area contributed by atoms with Crippen LogP contribution in [0.2, 0.25) is 5.02 Å². The first-order valence-electron chi connectivity index (χ1n) is 9.11. The van der Waals surface area contributed by atoms with Crippen LogP contribution in [0.25, 0.3) is 0 Å². The molecule has 1 amide bonds. The number of carbonyl (C=O) groups excluding carboxylic acids is 1. The third-order valence-electron chi connectivity index (χ3n) is 4.52. The second-order valence-electron chi connectivity index (χ2n) is 6.70. The number of aromatic nitrogens is 1. The van der Waals surface area contributed by atoms with Crippen LogP contribution >= 0.6 is 11.6 Å². The van der Waals surface area contributed by atoms with E-state index in [1.165, 1.54) is 0 Å². The van der Waals surface area contributed by atoms with Crippen molar-refractivity contribution in [2.45, 2.75) is 13.8 Å². The molecule has 144 valence electrons. The Balaban J connectivity index is 1.60. The van der Waals surface area contributed by atoms with Gasteiger partial charge in [0.15, 0.2) is 0 Å². The van der Waals surface area contributed by atoms with Crippen molar-refractivity contribution in [1.29, 1.82) is 0 Å². The van der Waals surface area contributed by atoms with Crippen LogP contribution < -0.4 is 10.6 Å². The van der Waals surface area contributed by atoms with Gasteiger partial charge in [0.1, 0.15) is 5.69 Å². The summed E-state index contributed by atoms with van der Waals surface area (Å²) in [5, 5.41) is 6.75. The Morgan fingerprint density at radius 3 is 2.78 bits per heavy atom. The minimum absolute atomic E-state index is 0.277. The number of morpholine rings is 1. The van der Waals surface area contributed by atoms with E-state index in [1.807, 2.05) is 32.0 Å². The van der Waals surface area contributed by atoms with E-state index in [0.717, 1.165) is 56.2 Å². The minimum Gasteiger partial charge on any atom is -0.384 e. The second-order valence-corrected chi connectivity index (χ2v) is 7.11. The van der Waals surface area contributed by atoms with Gasteiger partial charge in [-0.15, -0.1) is 0 Å². The summed E-state index contributed by atoms with van der Waals surface area (Å²) in [6.45, 7) is 9.13. The van der Waals surface area contributed by atoms with E-state index in [1.54, 1.807) is 12.3 Å². The molecule has 27 heavy (non-hydrogen) atoms. The largest absolute Gasteiger partial charge is 0.384 e. The lowest BCUT2D eigenvalue weighted by molar-refractivity contribution is 0.0398. The van der Waals surface area contributed by atoms with Crippen molar-refractivity contribution in [3.8, 4) is 0 Å². The SMILES string of the molecule is Cc1cc(C)c(NC(=O)c2cc(NCCN3CCOCC3)ccn2)c(Cl)c1. The number of benzene rings is 1. The molecule has 1 aromatic heterocycles. The van der Waals surface area contributed by atoms with Gasteiger partial charge in [-0.1, -0.05) is 17.7 Å². The zero-order valence-electron chi connectivity index (χ0n) is 15.7. The topological polar surface area (TPSA) is 66.5 Å². The molecule has 3 rings (SSSR count). The Hall–Kier alpha value is -2.15. The van der Waals surface area contributed by atoms with Crippen LogP contribution in [-0.4, -0.2) is 55.2 Å². The van der Waals surface area contributed by atoms with Gasteiger partial charge in [-0.05, 0) is 43.2 Å². The number of aryl methyl sites for hydroxylation is 2. The third kappa shape index (κ3) is 5.42. The number of rotatable bonds is 6. The molecule has 7 heteroatoms. The molecule has 1 aliphatic heterocycles. The van der Waals surface area contributed by atoms with Crippen LogP contribution in [0.1, 0.15) is 21.6 Å². The summed E-state index contributed by atoms with van der Waals surface area (Å²) in [6.07, 6.45) is 1.63. The molecule has 1 fully saturated rings. The number of halogens is 1. The van der Waals surface area contributed by atoms with E-state index in [0.29, 0.717) is 16.4 Å². The van der Waals surface area contributed by atoms with Gasteiger partial charge in [-0.3, -0.25) is 14.7 Å². The Morgan fingerprint density at radius 1 is 1.26 bits per heavy atom. The molecule has 0 bridgehead atoms. The number of amides is 1. The third-order valence-corrected chi connectivity index (χ3v) is 4.82. The summed E-state index contributed by atoms with van der Waals surface area (Å²) < 4.78 is 5.35. The molecule has 1 saturated heterocycles. The molecule has 1 aromatic carbocycles. The first-order chi connectivity index (χ1) is 13.0. The van der Waals surface area contributed by atoms with Crippen molar-refractivity contribution in [3.05, 3.63) is 52.3 Å². The summed E-state index contributed by atoms with van der Waals surface area (Å²) in [5.74, 6) is -0.277. The molecule has 2 N–H and O–H groups in total. The molecule has 0 aliphatic carbocycles. The van der Waals surface area contributed by atoms with Gasteiger partial charge in [0, 0.05) is 38.1 Å².